The molecule has 0 unspecified atom stereocenters. The van der Waals surface area contributed by atoms with Gasteiger partial charge in [0, 0.05) is 4.47 Å². The van der Waals surface area contributed by atoms with Gasteiger partial charge in [-0.3, -0.25) is 9.63 Å². The molecular weight excluding hydrogens is 320 g/mol. The maximum absolute atomic E-state index is 11.7. The molecule has 4 nitrogen and oxygen atoms in total. The number of benzene rings is 2. The Bertz CT molecular complexity index is 561. The molecule has 0 spiro atoms. The Hall–Kier alpha value is -1.69. The van der Waals surface area contributed by atoms with Crippen molar-refractivity contribution in [1.82, 2.24) is 5.48 Å². The van der Waals surface area contributed by atoms with E-state index in [1.165, 1.54) is 0 Å². The molecule has 2 rings (SSSR count). The molecule has 0 bridgehead atoms. The number of amides is 1. The van der Waals surface area contributed by atoms with Crippen molar-refractivity contribution in [1.29, 1.82) is 0 Å². The Balaban J connectivity index is 1.69. The highest BCUT2D eigenvalue weighted by Gasteiger charge is 2.04. The summed E-state index contributed by atoms with van der Waals surface area (Å²) in [7, 11) is 0. The molecule has 0 fully saturated rings. The molecular formula is C15H15BrN2O2. The summed E-state index contributed by atoms with van der Waals surface area (Å²) in [5.74, 6) is -0.162. The average molecular weight is 335 g/mol. The zero-order valence-electron chi connectivity index (χ0n) is 10.8. The van der Waals surface area contributed by atoms with Gasteiger partial charge in [-0.05, 0) is 33.6 Å². The lowest BCUT2D eigenvalue weighted by molar-refractivity contribution is -0.118. The van der Waals surface area contributed by atoms with E-state index < -0.39 is 0 Å². The summed E-state index contributed by atoms with van der Waals surface area (Å²) < 4.78 is 0.846. The molecule has 0 aliphatic rings. The molecule has 2 aromatic carbocycles. The summed E-state index contributed by atoms with van der Waals surface area (Å²) in [6.07, 6.45) is 0. The van der Waals surface area contributed by atoms with Crippen molar-refractivity contribution in [3.05, 3.63) is 64.6 Å². The minimum Gasteiger partial charge on any atom is -0.324 e. The lowest BCUT2D eigenvalue weighted by Gasteiger charge is -2.08. The lowest BCUT2D eigenvalue weighted by atomic mass is 10.2. The molecule has 0 radical (unpaired) electrons. The molecule has 0 aliphatic carbocycles. The number of hydrogen-bond acceptors (Lipinski definition) is 3. The topological polar surface area (TPSA) is 50.4 Å². The van der Waals surface area contributed by atoms with Crippen molar-refractivity contribution in [2.75, 3.05) is 11.9 Å². The van der Waals surface area contributed by atoms with E-state index >= 15 is 0 Å². The second kappa shape index (κ2) is 7.79. The highest BCUT2D eigenvalue weighted by molar-refractivity contribution is 9.10. The van der Waals surface area contributed by atoms with Crippen molar-refractivity contribution in [2.24, 2.45) is 0 Å². The number of carbonyl (C=O) groups excluding carboxylic acids is 1. The van der Waals surface area contributed by atoms with E-state index in [0.717, 1.165) is 15.7 Å². The zero-order chi connectivity index (χ0) is 14.2. The fourth-order valence-electron chi connectivity index (χ4n) is 1.58. The fraction of sp³-hybridized carbons (Fsp3) is 0.133. The Labute approximate surface area is 126 Å². The first-order valence-corrected chi connectivity index (χ1v) is 6.98. The molecule has 2 N–H and O–H groups in total. The van der Waals surface area contributed by atoms with Crippen molar-refractivity contribution >= 4 is 27.5 Å². The molecule has 0 heterocycles. The van der Waals surface area contributed by atoms with E-state index in [4.69, 9.17) is 4.84 Å². The smallest absolute Gasteiger partial charge is 0.240 e. The first-order valence-electron chi connectivity index (χ1n) is 6.18. The highest BCUT2D eigenvalue weighted by Crippen LogP contribution is 2.20. The van der Waals surface area contributed by atoms with Crippen LogP contribution in [0.5, 0.6) is 0 Å². The number of carbonyl (C=O) groups is 1. The largest absolute Gasteiger partial charge is 0.324 e. The van der Waals surface area contributed by atoms with Crippen LogP contribution in [0, 0.1) is 0 Å². The fourth-order valence-corrected chi connectivity index (χ4v) is 1.97. The summed E-state index contributed by atoms with van der Waals surface area (Å²) in [6, 6.07) is 17.2. The van der Waals surface area contributed by atoms with Crippen LogP contribution in [-0.4, -0.2) is 12.5 Å². The third-order valence-electron chi connectivity index (χ3n) is 2.56. The minimum absolute atomic E-state index is 0.0914. The second-order valence-electron chi connectivity index (χ2n) is 4.12. The van der Waals surface area contributed by atoms with Crippen molar-refractivity contribution in [3.63, 3.8) is 0 Å². The maximum Gasteiger partial charge on any atom is 0.240 e. The van der Waals surface area contributed by atoms with Crippen LogP contribution in [0.15, 0.2) is 59.1 Å². The van der Waals surface area contributed by atoms with Crippen LogP contribution in [0.3, 0.4) is 0 Å². The molecule has 5 heteroatoms. The van der Waals surface area contributed by atoms with Crippen LogP contribution in [0.2, 0.25) is 0 Å². The number of hydrogen-bond donors (Lipinski definition) is 2. The summed E-state index contributed by atoms with van der Waals surface area (Å²) in [6.45, 7) is 0.511. The van der Waals surface area contributed by atoms with Crippen molar-refractivity contribution in [2.45, 2.75) is 6.61 Å². The summed E-state index contributed by atoms with van der Waals surface area (Å²) in [5.41, 5.74) is 4.43. The van der Waals surface area contributed by atoms with Gasteiger partial charge in [-0.15, -0.1) is 0 Å². The Kier molecular flexibility index (Phi) is 5.73. The molecule has 0 atom stereocenters. The predicted molar refractivity (Wildman–Crippen MR) is 82.0 cm³/mol. The van der Waals surface area contributed by atoms with Crippen LogP contribution < -0.4 is 10.8 Å². The molecule has 0 saturated heterocycles. The lowest BCUT2D eigenvalue weighted by Crippen LogP contribution is -2.28. The van der Waals surface area contributed by atoms with Gasteiger partial charge in [0.05, 0.1) is 12.3 Å². The van der Waals surface area contributed by atoms with Gasteiger partial charge in [0.1, 0.15) is 6.54 Å². The number of anilines is 1. The first kappa shape index (κ1) is 14.7. The molecule has 2 aromatic rings. The summed E-state index contributed by atoms with van der Waals surface area (Å²) in [5, 5.41) is 2.78. The monoisotopic (exact) mass is 334 g/mol. The number of rotatable bonds is 6. The number of halogens is 1. The van der Waals surface area contributed by atoms with Crippen molar-refractivity contribution < 1.29 is 9.63 Å². The average Bonchev–Trinajstić information content (AvgIpc) is 2.47. The molecule has 0 aliphatic heterocycles. The van der Waals surface area contributed by atoms with Gasteiger partial charge in [-0.2, -0.15) is 5.48 Å². The SMILES string of the molecule is O=C(CNOCc1ccccc1)Nc1ccccc1Br. The van der Waals surface area contributed by atoms with Gasteiger partial charge >= 0.3 is 0 Å². The van der Waals surface area contributed by atoms with Crippen molar-refractivity contribution in [3.8, 4) is 0 Å². The quantitative estimate of drug-likeness (QED) is 0.630. The Morgan fingerprint density at radius 3 is 2.50 bits per heavy atom. The third-order valence-corrected chi connectivity index (χ3v) is 3.26. The normalized spacial score (nSPS) is 10.2. The summed E-state index contributed by atoms with van der Waals surface area (Å²) in [4.78, 5) is 16.9. The van der Waals surface area contributed by atoms with Crippen LogP contribution in [0.4, 0.5) is 5.69 Å². The number of hydroxylamine groups is 1. The molecule has 0 saturated carbocycles. The van der Waals surface area contributed by atoms with E-state index in [2.05, 4.69) is 26.7 Å². The van der Waals surface area contributed by atoms with E-state index in [-0.39, 0.29) is 12.5 Å². The van der Waals surface area contributed by atoms with Gasteiger partial charge in [0.2, 0.25) is 5.91 Å². The summed E-state index contributed by atoms with van der Waals surface area (Å²) >= 11 is 3.37. The third kappa shape index (κ3) is 4.77. The number of nitrogens with one attached hydrogen (secondary N) is 2. The van der Waals surface area contributed by atoms with Crippen LogP contribution in [-0.2, 0) is 16.2 Å². The minimum atomic E-state index is -0.162. The molecule has 104 valence electrons. The number of para-hydroxylation sites is 1. The Morgan fingerprint density at radius 1 is 1.05 bits per heavy atom. The molecule has 0 aromatic heterocycles. The van der Waals surface area contributed by atoms with Gasteiger partial charge in [-0.1, -0.05) is 42.5 Å². The van der Waals surface area contributed by atoms with Gasteiger partial charge in [0.15, 0.2) is 0 Å². The van der Waals surface area contributed by atoms with E-state index in [1.807, 2.05) is 54.6 Å². The standard InChI is InChI=1S/C15H15BrN2O2/c16-13-8-4-5-9-14(13)18-15(19)10-17-20-11-12-6-2-1-3-7-12/h1-9,17H,10-11H2,(H,18,19). The molecule has 20 heavy (non-hydrogen) atoms. The maximum atomic E-state index is 11.7. The van der Waals surface area contributed by atoms with E-state index in [9.17, 15) is 4.79 Å². The highest BCUT2D eigenvalue weighted by atomic mass is 79.9. The zero-order valence-corrected chi connectivity index (χ0v) is 12.4. The van der Waals surface area contributed by atoms with Crippen LogP contribution in [0.1, 0.15) is 5.56 Å². The molecule has 1 amide bonds. The van der Waals surface area contributed by atoms with E-state index in [0.29, 0.717) is 6.61 Å². The van der Waals surface area contributed by atoms with Crippen LogP contribution in [0.25, 0.3) is 0 Å². The Morgan fingerprint density at radius 2 is 1.75 bits per heavy atom. The van der Waals surface area contributed by atoms with E-state index in [1.54, 1.807) is 0 Å². The van der Waals surface area contributed by atoms with Gasteiger partial charge in [-0.25, -0.2) is 0 Å². The van der Waals surface area contributed by atoms with Crippen LogP contribution >= 0.6 is 15.9 Å². The first-order chi connectivity index (χ1) is 9.75. The second-order valence-corrected chi connectivity index (χ2v) is 4.98. The van der Waals surface area contributed by atoms with Gasteiger partial charge < -0.3 is 5.32 Å². The van der Waals surface area contributed by atoms with Gasteiger partial charge in [0.25, 0.3) is 0 Å². The predicted octanol–water partition coefficient (Wildman–Crippen LogP) is 3.11.